The summed E-state index contributed by atoms with van der Waals surface area (Å²) in [5.74, 6) is -5.85. The molecule has 0 radical (unpaired) electrons. The van der Waals surface area contributed by atoms with Crippen LogP contribution in [0, 0.1) is 0 Å². The second-order valence-corrected chi connectivity index (χ2v) is 2.75. The van der Waals surface area contributed by atoms with Gasteiger partial charge in [0.2, 0.25) is 0 Å². The molecule has 0 spiro atoms. The largest absolute Gasteiger partial charge is 0.481 e. The summed E-state index contributed by atoms with van der Waals surface area (Å²) in [6.45, 7) is 0. The number of aliphatic carboxylic acids is 1. The molecule has 6 heteroatoms. The van der Waals surface area contributed by atoms with E-state index in [0.29, 0.717) is 0 Å². The zero-order chi connectivity index (χ0) is 10.1. The van der Waals surface area contributed by atoms with Crippen molar-refractivity contribution in [3.05, 3.63) is 23.1 Å². The van der Waals surface area contributed by atoms with E-state index in [-0.39, 0.29) is 5.22 Å². The van der Waals surface area contributed by atoms with Crippen LogP contribution in [0.3, 0.4) is 0 Å². The van der Waals surface area contributed by atoms with E-state index in [1.54, 1.807) is 0 Å². The predicted molar refractivity (Wildman–Crippen MR) is 39.9 cm³/mol. The van der Waals surface area contributed by atoms with Crippen molar-refractivity contribution in [2.24, 2.45) is 0 Å². The van der Waals surface area contributed by atoms with Gasteiger partial charge in [-0.3, -0.25) is 4.79 Å². The number of hydrogen-bond donors (Lipinski definition) is 1. The third kappa shape index (κ3) is 2.42. The van der Waals surface area contributed by atoms with E-state index >= 15 is 0 Å². The Kier molecular flexibility index (Phi) is 2.56. The van der Waals surface area contributed by atoms with E-state index in [9.17, 15) is 13.6 Å². The van der Waals surface area contributed by atoms with Gasteiger partial charge in [-0.1, -0.05) is 0 Å². The zero-order valence-corrected chi connectivity index (χ0v) is 7.02. The third-order valence-electron chi connectivity index (χ3n) is 1.31. The molecule has 0 saturated carbocycles. The van der Waals surface area contributed by atoms with Crippen LogP contribution in [0.15, 0.2) is 16.5 Å². The van der Waals surface area contributed by atoms with Gasteiger partial charge in [-0.2, -0.15) is 8.78 Å². The first kappa shape index (κ1) is 9.98. The fraction of sp³-hybridized carbons (Fsp3) is 0.286. The summed E-state index contributed by atoms with van der Waals surface area (Å²) in [6.07, 6.45) is -1.31. The number of hydrogen-bond acceptors (Lipinski definition) is 2. The van der Waals surface area contributed by atoms with Crippen LogP contribution in [0.25, 0.3) is 0 Å². The molecule has 0 amide bonds. The normalized spacial score (nSPS) is 11.6. The molecule has 0 aliphatic rings. The van der Waals surface area contributed by atoms with Gasteiger partial charge in [0, 0.05) is 0 Å². The monoisotopic (exact) mass is 210 g/mol. The van der Waals surface area contributed by atoms with Crippen molar-refractivity contribution < 1.29 is 23.1 Å². The molecule has 0 aliphatic carbocycles. The highest BCUT2D eigenvalue weighted by molar-refractivity contribution is 6.28. The van der Waals surface area contributed by atoms with E-state index in [4.69, 9.17) is 16.7 Å². The molecule has 1 N–H and O–H groups in total. The number of carbonyl (C=O) groups is 1. The minimum atomic E-state index is -3.51. The molecule has 1 aromatic rings. The van der Waals surface area contributed by atoms with Crippen molar-refractivity contribution in [1.29, 1.82) is 0 Å². The molecule has 0 aliphatic heterocycles. The quantitative estimate of drug-likeness (QED) is 0.834. The molecule has 0 saturated heterocycles. The summed E-state index contributed by atoms with van der Waals surface area (Å²) in [7, 11) is 0. The SMILES string of the molecule is O=C(O)CC(F)(F)c1ccc(Cl)o1. The molecular weight excluding hydrogens is 206 g/mol. The molecule has 72 valence electrons. The van der Waals surface area contributed by atoms with Gasteiger partial charge in [-0.15, -0.1) is 0 Å². The smallest absolute Gasteiger partial charge is 0.315 e. The number of furan rings is 1. The molecule has 0 aromatic carbocycles. The van der Waals surface area contributed by atoms with Crippen molar-refractivity contribution >= 4 is 17.6 Å². The lowest BCUT2D eigenvalue weighted by Gasteiger charge is -2.09. The highest BCUT2D eigenvalue weighted by Gasteiger charge is 2.38. The highest BCUT2D eigenvalue weighted by Crippen LogP contribution is 2.33. The second-order valence-electron chi connectivity index (χ2n) is 2.38. The van der Waals surface area contributed by atoms with E-state index in [1.807, 2.05) is 0 Å². The van der Waals surface area contributed by atoms with E-state index in [0.717, 1.165) is 12.1 Å². The Morgan fingerprint density at radius 3 is 2.62 bits per heavy atom. The van der Waals surface area contributed by atoms with Gasteiger partial charge >= 0.3 is 11.9 Å². The number of carboxylic acids is 1. The molecule has 1 aromatic heterocycles. The Bertz CT molecular complexity index is 321. The lowest BCUT2D eigenvalue weighted by atomic mass is 10.2. The summed E-state index contributed by atoms with van der Waals surface area (Å²) in [4.78, 5) is 10.0. The molecule has 13 heavy (non-hydrogen) atoms. The number of alkyl halides is 2. The standard InChI is InChI=1S/C7H5ClF2O3/c8-5-2-1-4(13-5)7(9,10)3-6(11)12/h1-2H,3H2,(H,11,12). The first-order valence-electron chi connectivity index (χ1n) is 3.27. The van der Waals surface area contributed by atoms with Crippen LogP contribution in [0.4, 0.5) is 8.78 Å². The van der Waals surface area contributed by atoms with Gasteiger partial charge in [0.15, 0.2) is 11.0 Å². The van der Waals surface area contributed by atoms with Crippen LogP contribution >= 0.6 is 11.6 Å². The fourth-order valence-corrected chi connectivity index (χ4v) is 0.934. The Morgan fingerprint density at radius 2 is 2.23 bits per heavy atom. The fourth-order valence-electron chi connectivity index (χ4n) is 0.788. The average molecular weight is 211 g/mol. The van der Waals surface area contributed by atoms with Crippen molar-refractivity contribution in [3.63, 3.8) is 0 Å². The van der Waals surface area contributed by atoms with Crippen molar-refractivity contribution in [2.75, 3.05) is 0 Å². The Hall–Kier alpha value is -1.10. The van der Waals surface area contributed by atoms with Gasteiger partial charge in [0.05, 0.1) is 0 Å². The van der Waals surface area contributed by atoms with Gasteiger partial charge in [0.1, 0.15) is 6.42 Å². The first-order valence-corrected chi connectivity index (χ1v) is 3.65. The summed E-state index contributed by atoms with van der Waals surface area (Å²) in [5, 5.41) is 7.97. The number of carboxylic acid groups (broad SMARTS) is 1. The molecule has 3 nitrogen and oxygen atoms in total. The van der Waals surface area contributed by atoms with Crippen LogP contribution in [0.5, 0.6) is 0 Å². The summed E-state index contributed by atoms with van der Waals surface area (Å²) < 4.78 is 30.2. The van der Waals surface area contributed by atoms with Crippen LogP contribution in [0.2, 0.25) is 5.22 Å². The zero-order valence-electron chi connectivity index (χ0n) is 6.26. The van der Waals surface area contributed by atoms with E-state index in [1.165, 1.54) is 0 Å². The van der Waals surface area contributed by atoms with Gasteiger partial charge in [0.25, 0.3) is 0 Å². The Morgan fingerprint density at radius 1 is 1.62 bits per heavy atom. The van der Waals surface area contributed by atoms with Crippen molar-refractivity contribution in [3.8, 4) is 0 Å². The molecular formula is C7H5ClF2O3. The Balaban J connectivity index is 2.86. The molecule has 1 heterocycles. The maximum absolute atomic E-state index is 12.9. The lowest BCUT2D eigenvalue weighted by molar-refractivity contribution is -0.146. The predicted octanol–water partition coefficient (Wildman–Crippen LogP) is 2.50. The van der Waals surface area contributed by atoms with Crippen molar-refractivity contribution in [1.82, 2.24) is 0 Å². The van der Waals surface area contributed by atoms with Crippen molar-refractivity contribution in [2.45, 2.75) is 12.3 Å². The van der Waals surface area contributed by atoms with Gasteiger partial charge in [-0.05, 0) is 23.7 Å². The molecule has 0 atom stereocenters. The maximum Gasteiger partial charge on any atom is 0.315 e. The molecule has 1 rings (SSSR count). The highest BCUT2D eigenvalue weighted by atomic mass is 35.5. The van der Waals surface area contributed by atoms with Crippen LogP contribution in [0.1, 0.15) is 12.2 Å². The summed E-state index contributed by atoms with van der Waals surface area (Å²) in [6, 6.07) is 2.08. The van der Waals surface area contributed by atoms with Crippen LogP contribution in [-0.4, -0.2) is 11.1 Å². The van der Waals surface area contributed by atoms with Crippen LogP contribution in [-0.2, 0) is 10.7 Å². The second kappa shape index (κ2) is 3.33. The number of halogens is 3. The summed E-state index contributed by atoms with van der Waals surface area (Å²) in [5.41, 5.74) is 0. The first-order chi connectivity index (χ1) is 5.92. The minimum Gasteiger partial charge on any atom is -0.481 e. The van der Waals surface area contributed by atoms with E-state index < -0.39 is 24.1 Å². The minimum absolute atomic E-state index is 0.194. The third-order valence-corrected chi connectivity index (χ3v) is 1.51. The van der Waals surface area contributed by atoms with Gasteiger partial charge in [-0.25, -0.2) is 0 Å². The Labute approximate surface area is 76.9 Å². The molecule has 0 bridgehead atoms. The van der Waals surface area contributed by atoms with Crippen LogP contribution < -0.4 is 0 Å². The summed E-state index contributed by atoms with van der Waals surface area (Å²) >= 11 is 5.26. The van der Waals surface area contributed by atoms with E-state index in [2.05, 4.69) is 4.42 Å². The topological polar surface area (TPSA) is 50.4 Å². The lowest BCUT2D eigenvalue weighted by Crippen LogP contribution is -2.17. The van der Waals surface area contributed by atoms with Gasteiger partial charge < -0.3 is 9.52 Å². The molecule has 0 unspecified atom stereocenters. The maximum atomic E-state index is 12.9. The molecule has 0 fully saturated rings. The number of rotatable bonds is 3. The average Bonchev–Trinajstić information content (AvgIpc) is 2.32.